The van der Waals surface area contributed by atoms with Gasteiger partial charge in [0, 0.05) is 18.7 Å². The normalized spacial score (nSPS) is 19.5. The minimum Gasteiger partial charge on any atom is -0.388 e. The van der Waals surface area contributed by atoms with Crippen LogP contribution in [0.4, 0.5) is 10.5 Å². The van der Waals surface area contributed by atoms with E-state index in [1.807, 2.05) is 38.1 Å². The van der Waals surface area contributed by atoms with Crippen LogP contribution in [0.25, 0.3) is 0 Å². The zero-order valence-corrected chi connectivity index (χ0v) is 14.2. The molecule has 4 heteroatoms. The highest BCUT2D eigenvalue weighted by atomic mass is 16.3. The Kier molecular flexibility index (Phi) is 4.58. The smallest absolute Gasteiger partial charge is 0.319 e. The number of anilines is 1. The summed E-state index contributed by atoms with van der Waals surface area (Å²) in [5.41, 5.74) is 4.56. The van der Waals surface area contributed by atoms with Crippen LogP contribution >= 0.6 is 0 Å². The van der Waals surface area contributed by atoms with Crippen LogP contribution in [-0.2, 0) is 12.8 Å². The molecule has 0 aliphatic heterocycles. The maximum atomic E-state index is 12.1. The van der Waals surface area contributed by atoms with E-state index < -0.39 is 5.60 Å². The Balaban J connectivity index is 1.58. The van der Waals surface area contributed by atoms with Gasteiger partial charge in [-0.05, 0) is 61.1 Å². The summed E-state index contributed by atoms with van der Waals surface area (Å²) in [6, 6.07) is 13.8. The average Bonchev–Trinajstić information content (AvgIpc) is 2.52. The quantitative estimate of drug-likeness (QED) is 0.811. The summed E-state index contributed by atoms with van der Waals surface area (Å²) in [6.45, 7) is 4.24. The molecule has 0 heterocycles. The summed E-state index contributed by atoms with van der Waals surface area (Å²) >= 11 is 0. The van der Waals surface area contributed by atoms with E-state index in [4.69, 9.17) is 0 Å². The summed E-state index contributed by atoms with van der Waals surface area (Å²) in [5, 5.41) is 16.4. The first kappa shape index (κ1) is 16.5. The maximum Gasteiger partial charge on any atom is 0.319 e. The second-order valence-electron chi connectivity index (χ2n) is 6.85. The number of hydrogen-bond donors (Lipinski definition) is 3. The van der Waals surface area contributed by atoms with E-state index in [1.165, 1.54) is 11.1 Å². The summed E-state index contributed by atoms with van der Waals surface area (Å²) in [4.78, 5) is 12.1. The van der Waals surface area contributed by atoms with Crippen LogP contribution in [0.5, 0.6) is 0 Å². The van der Waals surface area contributed by atoms with Crippen molar-refractivity contribution >= 4 is 11.7 Å². The summed E-state index contributed by atoms with van der Waals surface area (Å²) < 4.78 is 0. The molecular formula is C20H24N2O2. The molecule has 1 unspecified atom stereocenters. The van der Waals surface area contributed by atoms with Gasteiger partial charge in [-0.25, -0.2) is 4.79 Å². The molecule has 4 nitrogen and oxygen atoms in total. The van der Waals surface area contributed by atoms with Gasteiger partial charge in [0.25, 0.3) is 0 Å². The Hall–Kier alpha value is -2.33. The van der Waals surface area contributed by atoms with Crippen LogP contribution in [-0.4, -0.2) is 23.3 Å². The Morgan fingerprint density at radius 3 is 2.50 bits per heavy atom. The van der Waals surface area contributed by atoms with Crippen LogP contribution in [0.2, 0.25) is 0 Å². The van der Waals surface area contributed by atoms with Crippen LogP contribution in [0, 0.1) is 13.8 Å². The summed E-state index contributed by atoms with van der Waals surface area (Å²) in [7, 11) is 0. The van der Waals surface area contributed by atoms with Crippen molar-refractivity contribution in [3.63, 3.8) is 0 Å². The van der Waals surface area contributed by atoms with Crippen molar-refractivity contribution in [2.75, 3.05) is 11.9 Å². The van der Waals surface area contributed by atoms with Gasteiger partial charge in [-0.2, -0.15) is 0 Å². The fourth-order valence-electron chi connectivity index (χ4n) is 3.40. The molecule has 0 fully saturated rings. The molecule has 2 amide bonds. The number of rotatable bonds is 3. The Bertz CT molecular complexity index is 737. The number of urea groups is 1. The highest BCUT2D eigenvalue weighted by molar-refractivity contribution is 5.89. The maximum absolute atomic E-state index is 12.1. The van der Waals surface area contributed by atoms with Gasteiger partial charge in [-0.1, -0.05) is 30.3 Å². The van der Waals surface area contributed by atoms with E-state index in [-0.39, 0.29) is 12.6 Å². The van der Waals surface area contributed by atoms with Crippen molar-refractivity contribution in [2.45, 2.75) is 38.7 Å². The van der Waals surface area contributed by atoms with Gasteiger partial charge in [-0.15, -0.1) is 0 Å². The van der Waals surface area contributed by atoms with Gasteiger partial charge in [0.2, 0.25) is 0 Å². The van der Waals surface area contributed by atoms with E-state index in [0.29, 0.717) is 12.8 Å². The number of amides is 2. The molecule has 0 bridgehead atoms. The predicted molar refractivity (Wildman–Crippen MR) is 96.4 cm³/mol. The lowest BCUT2D eigenvalue weighted by Gasteiger charge is -2.33. The number of aliphatic hydroxyl groups is 1. The zero-order valence-electron chi connectivity index (χ0n) is 14.2. The van der Waals surface area contributed by atoms with Gasteiger partial charge < -0.3 is 15.7 Å². The van der Waals surface area contributed by atoms with E-state index in [1.54, 1.807) is 0 Å². The van der Waals surface area contributed by atoms with Crippen molar-refractivity contribution in [1.82, 2.24) is 5.32 Å². The Labute approximate surface area is 142 Å². The van der Waals surface area contributed by atoms with Crippen molar-refractivity contribution in [1.29, 1.82) is 0 Å². The van der Waals surface area contributed by atoms with E-state index in [2.05, 4.69) is 28.8 Å². The molecule has 2 aromatic rings. The molecule has 0 spiro atoms. The average molecular weight is 324 g/mol. The van der Waals surface area contributed by atoms with Gasteiger partial charge >= 0.3 is 6.03 Å². The van der Waals surface area contributed by atoms with E-state index in [9.17, 15) is 9.90 Å². The largest absolute Gasteiger partial charge is 0.388 e. The third-order valence-corrected chi connectivity index (χ3v) is 4.56. The first-order valence-electron chi connectivity index (χ1n) is 8.36. The highest BCUT2D eigenvalue weighted by Gasteiger charge is 2.32. The lowest BCUT2D eigenvalue weighted by atomic mass is 9.80. The lowest BCUT2D eigenvalue weighted by Crippen LogP contribution is -2.47. The predicted octanol–water partition coefficient (Wildman–Crippen LogP) is 3.34. The molecule has 1 aliphatic carbocycles. The van der Waals surface area contributed by atoms with Crippen LogP contribution < -0.4 is 10.6 Å². The number of aryl methyl sites for hydroxylation is 3. The molecular weight excluding hydrogens is 300 g/mol. The first-order chi connectivity index (χ1) is 11.4. The SMILES string of the molecule is Cc1cc(C)cc(NC(=O)NCC2(O)CCc3ccccc3C2)c1. The van der Waals surface area contributed by atoms with Crippen molar-refractivity contribution < 1.29 is 9.90 Å². The molecule has 24 heavy (non-hydrogen) atoms. The van der Waals surface area contributed by atoms with Crippen LogP contribution in [0.3, 0.4) is 0 Å². The Morgan fingerprint density at radius 1 is 1.12 bits per heavy atom. The minimum absolute atomic E-state index is 0.248. The number of fused-ring (bicyclic) bond motifs is 1. The van der Waals surface area contributed by atoms with Crippen molar-refractivity contribution in [2.24, 2.45) is 0 Å². The highest BCUT2D eigenvalue weighted by Crippen LogP contribution is 2.28. The molecule has 0 radical (unpaired) electrons. The molecule has 1 aliphatic rings. The van der Waals surface area contributed by atoms with Crippen LogP contribution in [0.1, 0.15) is 28.7 Å². The monoisotopic (exact) mass is 324 g/mol. The topological polar surface area (TPSA) is 61.4 Å². The molecule has 126 valence electrons. The second-order valence-corrected chi connectivity index (χ2v) is 6.85. The lowest BCUT2D eigenvalue weighted by molar-refractivity contribution is 0.0295. The second kappa shape index (κ2) is 6.65. The van der Waals surface area contributed by atoms with Gasteiger partial charge in [-0.3, -0.25) is 0 Å². The third-order valence-electron chi connectivity index (χ3n) is 4.56. The molecule has 1 atom stereocenters. The first-order valence-corrected chi connectivity index (χ1v) is 8.36. The number of benzene rings is 2. The third kappa shape index (κ3) is 3.95. The fraction of sp³-hybridized carbons (Fsp3) is 0.350. The minimum atomic E-state index is -0.881. The molecule has 2 aromatic carbocycles. The van der Waals surface area contributed by atoms with Gasteiger partial charge in [0.1, 0.15) is 0 Å². The number of carbonyl (C=O) groups excluding carboxylic acids is 1. The molecule has 3 rings (SSSR count). The molecule has 3 N–H and O–H groups in total. The van der Waals surface area contributed by atoms with Crippen molar-refractivity contribution in [3.8, 4) is 0 Å². The van der Waals surface area contributed by atoms with Crippen molar-refractivity contribution in [3.05, 3.63) is 64.7 Å². The molecule has 0 saturated heterocycles. The summed E-state index contributed by atoms with van der Waals surface area (Å²) in [6.07, 6.45) is 2.08. The van der Waals surface area contributed by atoms with Gasteiger partial charge in [0.05, 0.1) is 5.60 Å². The van der Waals surface area contributed by atoms with Crippen LogP contribution in [0.15, 0.2) is 42.5 Å². The standard InChI is InChI=1S/C20H24N2O2/c1-14-9-15(2)11-18(10-14)22-19(23)21-13-20(24)8-7-16-5-3-4-6-17(16)12-20/h3-6,9-11,24H,7-8,12-13H2,1-2H3,(H2,21,22,23). The fourth-order valence-corrected chi connectivity index (χ4v) is 3.40. The van der Waals surface area contributed by atoms with Gasteiger partial charge in [0.15, 0.2) is 0 Å². The molecule has 0 aromatic heterocycles. The zero-order chi connectivity index (χ0) is 17.2. The summed E-state index contributed by atoms with van der Waals surface area (Å²) in [5.74, 6) is 0. The number of nitrogens with one attached hydrogen (secondary N) is 2. The van der Waals surface area contributed by atoms with E-state index in [0.717, 1.165) is 23.2 Å². The number of carbonyl (C=O) groups is 1. The Morgan fingerprint density at radius 2 is 1.79 bits per heavy atom. The molecule has 0 saturated carbocycles. The number of hydrogen-bond acceptors (Lipinski definition) is 2. The van der Waals surface area contributed by atoms with E-state index >= 15 is 0 Å².